The molecule has 2 rings (SSSR count). The molecule has 0 atom stereocenters. The summed E-state index contributed by atoms with van der Waals surface area (Å²) in [5.41, 5.74) is 1.62. The van der Waals surface area contributed by atoms with E-state index in [-0.39, 0.29) is 5.91 Å². The third kappa shape index (κ3) is 5.05. The number of hydrogen-bond acceptors (Lipinski definition) is 3. The molecule has 1 amide bonds. The molecule has 0 heterocycles. The molecule has 1 aromatic carbocycles. The maximum atomic E-state index is 12.1. The minimum Gasteiger partial charge on any atom is -0.494 e. The number of nitrogens with one attached hydrogen (secondary N) is 1. The Bertz CT molecular complexity index is 469. The SMILES string of the molecule is CCCCOCc1cc(C(=O)NC2CC2)ccc1OCC. The van der Waals surface area contributed by atoms with E-state index in [0.29, 0.717) is 24.8 Å². The van der Waals surface area contributed by atoms with E-state index in [1.807, 2.05) is 25.1 Å². The second-order valence-corrected chi connectivity index (χ2v) is 5.41. The lowest BCUT2D eigenvalue weighted by atomic mass is 10.1. The van der Waals surface area contributed by atoms with Gasteiger partial charge in [-0.15, -0.1) is 0 Å². The van der Waals surface area contributed by atoms with Crippen LogP contribution in [0.3, 0.4) is 0 Å². The summed E-state index contributed by atoms with van der Waals surface area (Å²) in [5.74, 6) is 0.798. The van der Waals surface area contributed by atoms with E-state index in [2.05, 4.69) is 12.2 Å². The molecule has 4 heteroatoms. The van der Waals surface area contributed by atoms with Crippen LogP contribution in [0.25, 0.3) is 0 Å². The highest BCUT2D eigenvalue weighted by atomic mass is 16.5. The third-order valence-corrected chi connectivity index (χ3v) is 3.43. The fourth-order valence-electron chi connectivity index (χ4n) is 2.05. The van der Waals surface area contributed by atoms with Crippen LogP contribution in [-0.4, -0.2) is 25.2 Å². The van der Waals surface area contributed by atoms with E-state index in [0.717, 1.165) is 43.6 Å². The number of benzene rings is 1. The van der Waals surface area contributed by atoms with Crippen molar-refractivity contribution < 1.29 is 14.3 Å². The van der Waals surface area contributed by atoms with Crippen molar-refractivity contribution >= 4 is 5.91 Å². The molecule has 1 N–H and O–H groups in total. The van der Waals surface area contributed by atoms with Crippen molar-refractivity contribution in [2.75, 3.05) is 13.2 Å². The summed E-state index contributed by atoms with van der Waals surface area (Å²) >= 11 is 0. The fraction of sp³-hybridized carbons (Fsp3) is 0.588. The predicted molar refractivity (Wildman–Crippen MR) is 82.7 cm³/mol. The zero-order valence-corrected chi connectivity index (χ0v) is 13.0. The molecule has 0 aliphatic heterocycles. The Morgan fingerprint density at radius 1 is 1.33 bits per heavy atom. The van der Waals surface area contributed by atoms with Crippen LogP contribution in [0.2, 0.25) is 0 Å². The summed E-state index contributed by atoms with van der Waals surface area (Å²) in [6.07, 6.45) is 4.35. The Labute approximate surface area is 126 Å². The molecule has 1 aliphatic carbocycles. The smallest absolute Gasteiger partial charge is 0.251 e. The molecule has 21 heavy (non-hydrogen) atoms. The van der Waals surface area contributed by atoms with Gasteiger partial charge in [-0.05, 0) is 44.4 Å². The highest BCUT2D eigenvalue weighted by Gasteiger charge is 2.24. The van der Waals surface area contributed by atoms with Gasteiger partial charge in [0.1, 0.15) is 5.75 Å². The molecule has 1 aromatic rings. The Morgan fingerprint density at radius 3 is 2.81 bits per heavy atom. The molecule has 116 valence electrons. The summed E-state index contributed by atoms with van der Waals surface area (Å²) < 4.78 is 11.3. The third-order valence-electron chi connectivity index (χ3n) is 3.43. The van der Waals surface area contributed by atoms with Gasteiger partial charge >= 0.3 is 0 Å². The van der Waals surface area contributed by atoms with Crippen molar-refractivity contribution in [2.45, 2.75) is 52.2 Å². The van der Waals surface area contributed by atoms with E-state index in [4.69, 9.17) is 9.47 Å². The molecule has 0 aromatic heterocycles. The zero-order valence-electron chi connectivity index (χ0n) is 13.0. The predicted octanol–water partition coefficient (Wildman–Crippen LogP) is 3.29. The number of hydrogen-bond donors (Lipinski definition) is 1. The molecule has 0 bridgehead atoms. The Kier molecular flexibility index (Phi) is 6.05. The molecule has 0 radical (unpaired) electrons. The lowest BCUT2D eigenvalue weighted by Gasteiger charge is -2.12. The van der Waals surface area contributed by atoms with E-state index in [9.17, 15) is 4.79 Å². The normalized spacial score (nSPS) is 14.0. The summed E-state index contributed by atoms with van der Waals surface area (Å²) in [6.45, 7) is 5.92. The van der Waals surface area contributed by atoms with Crippen LogP contribution >= 0.6 is 0 Å². The number of ether oxygens (including phenoxy) is 2. The van der Waals surface area contributed by atoms with Crippen LogP contribution < -0.4 is 10.1 Å². The molecular formula is C17H25NO3. The summed E-state index contributed by atoms with van der Waals surface area (Å²) in [6, 6.07) is 5.94. The Balaban J connectivity index is 2.03. The maximum absolute atomic E-state index is 12.1. The molecule has 1 saturated carbocycles. The van der Waals surface area contributed by atoms with Gasteiger partial charge in [-0.3, -0.25) is 4.79 Å². The van der Waals surface area contributed by atoms with Crippen molar-refractivity contribution in [3.63, 3.8) is 0 Å². The molecular weight excluding hydrogens is 266 g/mol. The molecule has 0 unspecified atom stereocenters. The second-order valence-electron chi connectivity index (χ2n) is 5.41. The second kappa shape index (κ2) is 8.03. The molecule has 1 aliphatic rings. The van der Waals surface area contributed by atoms with Gasteiger partial charge in [-0.25, -0.2) is 0 Å². The van der Waals surface area contributed by atoms with E-state index < -0.39 is 0 Å². The van der Waals surface area contributed by atoms with Crippen molar-refractivity contribution in [1.29, 1.82) is 0 Å². The van der Waals surface area contributed by atoms with Crippen LogP contribution in [0, 0.1) is 0 Å². The van der Waals surface area contributed by atoms with Crippen LogP contribution in [0.15, 0.2) is 18.2 Å². The van der Waals surface area contributed by atoms with Crippen LogP contribution in [0.5, 0.6) is 5.75 Å². The highest BCUT2D eigenvalue weighted by molar-refractivity contribution is 5.95. The Morgan fingerprint density at radius 2 is 2.14 bits per heavy atom. The van der Waals surface area contributed by atoms with Crippen LogP contribution in [0.4, 0.5) is 0 Å². The zero-order chi connectivity index (χ0) is 15.1. The van der Waals surface area contributed by atoms with Crippen LogP contribution in [0.1, 0.15) is 55.5 Å². The van der Waals surface area contributed by atoms with Gasteiger partial charge in [0.05, 0.1) is 13.2 Å². The van der Waals surface area contributed by atoms with Crippen molar-refractivity contribution in [1.82, 2.24) is 5.32 Å². The van der Waals surface area contributed by atoms with E-state index >= 15 is 0 Å². The first-order chi connectivity index (χ1) is 10.2. The first-order valence-corrected chi connectivity index (χ1v) is 7.89. The van der Waals surface area contributed by atoms with Crippen molar-refractivity contribution in [3.8, 4) is 5.75 Å². The summed E-state index contributed by atoms with van der Waals surface area (Å²) in [7, 11) is 0. The van der Waals surface area contributed by atoms with Gasteiger partial charge < -0.3 is 14.8 Å². The quantitative estimate of drug-likeness (QED) is 0.710. The van der Waals surface area contributed by atoms with Gasteiger partial charge in [0.25, 0.3) is 5.91 Å². The molecule has 1 fully saturated rings. The van der Waals surface area contributed by atoms with Crippen molar-refractivity contribution in [2.24, 2.45) is 0 Å². The standard InChI is InChI=1S/C17H25NO3/c1-3-5-10-20-12-14-11-13(6-9-16(14)21-4-2)17(19)18-15-7-8-15/h6,9,11,15H,3-5,7-8,10,12H2,1-2H3,(H,18,19). The topological polar surface area (TPSA) is 47.6 Å². The number of amides is 1. The number of carbonyl (C=O) groups is 1. The molecule has 0 saturated heterocycles. The average molecular weight is 291 g/mol. The van der Waals surface area contributed by atoms with Gasteiger partial charge in [0.2, 0.25) is 0 Å². The average Bonchev–Trinajstić information content (AvgIpc) is 3.29. The first-order valence-electron chi connectivity index (χ1n) is 7.89. The minimum atomic E-state index is -0.00430. The number of rotatable bonds is 9. The number of unbranched alkanes of at least 4 members (excludes halogenated alkanes) is 1. The highest BCUT2D eigenvalue weighted by Crippen LogP contribution is 2.23. The first kappa shape index (κ1) is 15.8. The van der Waals surface area contributed by atoms with E-state index in [1.54, 1.807) is 0 Å². The van der Waals surface area contributed by atoms with Crippen molar-refractivity contribution in [3.05, 3.63) is 29.3 Å². The van der Waals surface area contributed by atoms with Crippen LogP contribution in [-0.2, 0) is 11.3 Å². The molecule has 4 nitrogen and oxygen atoms in total. The van der Waals surface area contributed by atoms with Gasteiger partial charge in [0.15, 0.2) is 0 Å². The lowest BCUT2D eigenvalue weighted by Crippen LogP contribution is -2.25. The fourth-order valence-corrected chi connectivity index (χ4v) is 2.05. The van der Waals surface area contributed by atoms with Gasteiger partial charge in [-0.1, -0.05) is 13.3 Å². The molecule has 0 spiro atoms. The van der Waals surface area contributed by atoms with E-state index in [1.165, 1.54) is 0 Å². The monoisotopic (exact) mass is 291 g/mol. The van der Waals surface area contributed by atoms with Gasteiger partial charge in [0, 0.05) is 23.8 Å². The maximum Gasteiger partial charge on any atom is 0.251 e. The van der Waals surface area contributed by atoms with Gasteiger partial charge in [-0.2, -0.15) is 0 Å². The lowest BCUT2D eigenvalue weighted by molar-refractivity contribution is 0.0950. The Hall–Kier alpha value is -1.55. The minimum absolute atomic E-state index is 0.00430. The summed E-state index contributed by atoms with van der Waals surface area (Å²) in [4.78, 5) is 12.1. The largest absolute Gasteiger partial charge is 0.494 e. The number of carbonyl (C=O) groups excluding carboxylic acids is 1. The summed E-state index contributed by atoms with van der Waals surface area (Å²) in [5, 5.41) is 3.00.